The molecule has 0 amide bonds. The lowest BCUT2D eigenvalue weighted by Gasteiger charge is -2.07. The molecule has 0 saturated carbocycles. The van der Waals surface area contributed by atoms with Crippen molar-refractivity contribution in [3.05, 3.63) is 71.6 Å². The van der Waals surface area contributed by atoms with Crippen LogP contribution in [0.25, 0.3) is 16.6 Å². The van der Waals surface area contributed by atoms with Gasteiger partial charge in [-0.25, -0.2) is 13.9 Å². The van der Waals surface area contributed by atoms with E-state index in [1.807, 2.05) is 44.2 Å². The fourth-order valence-electron chi connectivity index (χ4n) is 2.96. The van der Waals surface area contributed by atoms with Crippen molar-refractivity contribution in [2.24, 2.45) is 5.10 Å². The Morgan fingerprint density at radius 2 is 2.11 bits per heavy atom. The van der Waals surface area contributed by atoms with Crippen molar-refractivity contribution in [2.45, 2.75) is 20.3 Å². The highest BCUT2D eigenvalue weighted by Crippen LogP contribution is 2.20. The smallest absolute Gasteiger partial charge is 0.153 e. The molecule has 0 saturated heterocycles. The number of hydrazone groups is 1. The van der Waals surface area contributed by atoms with Gasteiger partial charge in [0.1, 0.15) is 11.5 Å². The third-order valence-corrected chi connectivity index (χ3v) is 4.35. The maximum Gasteiger partial charge on any atom is 0.153 e. The highest BCUT2D eigenvalue weighted by molar-refractivity contribution is 5.96. The quantitative estimate of drug-likeness (QED) is 0.437. The number of rotatable bonds is 5. The van der Waals surface area contributed by atoms with E-state index in [4.69, 9.17) is 0 Å². The molecular formula is C20H19FN6. The molecule has 0 bridgehead atoms. The fraction of sp³-hybridized carbons (Fsp3) is 0.200. The van der Waals surface area contributed by atoms with Gasteiger partial charge in [-0.1, -0.05) is 6.07 Å². The lowest BCUT2D eigenvalue weighted by Crippen LogP contribution is -2.11. The summed E-state index contributed by atoms with van der Waals surface area (Å²) in [4.78, 5) is 8.58. The zero-order valence-corrected chi connectivity index (χ0v) is 15.1. The zero-order chi connectivity index (χ0) is 18.8. The molecule has 0 atom stereocenters. The van der Waals surface area contributed by atoms with E-state index < -0.39 is 0 Å². The fourth-order valence-corrected chi connectivity index (χ4v) is 2.96. The van der Waals surface area contributed by atoms with E-state index in [9.17, 15) is 4.39 Å². The molecule has 0 aliphatic carbocycles. The first kappa shape index (κ1) is 17.1. The monoisotopic (exact) mass is 362 g/mol. The summed E-state index contributed by atoms with van der Waals surface area (Å²) in [6.45, 7) is 4.62. The molecule has 3 aromatic heterocycles. The standard InChI is InChI=1S/C20H19FN6/c1-3-24-25-13(2)18-6-7-20-23-12-16(27(20)26-18)10-15-9-14-5-4-8-22-19(14)11-17(15)21/h4-9,11-12,24H,3,10H2,1-2H3/b25-13-. The Labute approximate surface area is 155 Å². The maximum absolute atomic E-state index is 14.5. The van der Waals surface area contributed by atoms with E-state index in [0.717, 1.165) is 29.0 Å². The largest absolute Gasteiger partial charge is 0.310 e. The molecular weight excluding hydrogens is 343 g/mol. The molecule has 1 N–H and O–H groups in total. The van der Waals surface area contributed by atoms with Gasteiger partial charge in [-0.2, -0.15) is 10.2 Å². The van der Waals surface area contributed by atoms with Gasteiger partial charge in [-0.3, -0.25) is 4.98 Å². The summed E-state index contributed by atoms with van der Waals surface area (Å²) in [6, 6.07) is 10.8. The Morgan fingerprint density at radius 1 is 1.22 bits per heavy atom. The molecule has 0 spiro atoms. The van der Waals surface area contributed by atoms with E-state index >= 15 is 0 Å². The van der Waals surface area contributed by atoms with Crippen LogP contribution in [0.1, 0.15) is 30.8 Å². The Bertz CT molecular complexity index is 1150. The van der Waals surface area contributed by atoms with Crippen LogP contribution in [0.3, 0.4) is 0 Å². The van der Waals surface area contributed by atoms with Crippen molar-refractivity contribution in [3.63, 3.8) is 0 Å². The van der Waals surface area contributed by atoms with Crippen molar-refractivity contribution in [1.82, 2.24) is 25.0 Å². The van der Waals surface area contributed by atoms with Crippen molar-refractivity contribution in [3.8, 4) is 0 Å². The van der Waals surface area contributed by atoms with Crippen LogP contribution in [0.4, 0.5) is 4.39 Å². The Morgan fingerprint density at radius 3 is 2.96 bits per heavy atom. The number of aromatic nitrogens is 4. The molecule has 27 heavy (non-hydrogen) atoms. The first-order chi connectivity index (χ1) is 13.2. The number of nitrogens with zero attached hydrogens (tertiary/aromatic N) is 5. The van der Waals surface area contributed by atoms with Crippen LogP contribution in [0, 0.1) is 5.82 Å². The Hall–Kier alpha value is -3.35. The van der Waals surface area contributed by atoms with Gasteiger partial charge in [0, 0.05) is 30.6 Å². The summed E-state index contributed by atoms with van der Waals surface area (Å²) in [6.07, 6.45) is 3.78. The first-order valence-electron chi connectivity index (χ1n) is 8.80. The minimum absolute atomic E-state index is 0.280. The summed E-state index contributed by atoms with van der Waals surface area (Å²) in [5.74, 6) is -0.280. The van der Waals surface area contributed by atoms with E-state index in [2.05, 4.69) is 25.6 Å². The molecule has 6 nitrogen and oxygen atoms in total. The average Bonchev–Trinajstić information content (AvgIpc) is 3.08. The SMILES string of the molecule is CCN/N=C(/C)c1ccc2ncc(Cc3cc4cccnc4cc3F)n2n1. The van der Waals surface area contributed by atoms with E-state index in [-0.39, 0.29) is 5.82 Å². The maximum atomic E-state index is 14.5. The average molecular weight is 362 g/mol. The number of imidazole rings is 1. The summed E-state index contributed by atoms with van der Waals surface area (Å²) in [5, 5.41) is 9.80. The van der Waals surface area contributed by atoms with E-state index in [1.54, 1.807) is 16.9 Å². The number of benzene rings is 1. The van der Waals surface area contributed by atoms with Gasteiger partial charge in [-0.05, 0) is 43.7 Å². The molecule has 0 unspecified atom stereocenters. The van der Waals surface area contributed by atoms with Gasteiger partial charge < -0.3 is 5.43 Å². The van der Waals surface area contributed by atoms with Gasteiger partial charge in [-0.15, -0.1) is 0 Å². The van der Waals surface area contributed by atoms with Crippen LogP contribution < -0.4 is 5.43 Å². The first-order valence-corrected chi connectivity index (χ1v) is 8.80. The van der Waals surface area contributed by atoms with Crippen LogP contribution in [0.2, 0.25) is 0 Å². The van der Waals surface area contributed by atoms with Gasteiger partial charge in [0.25, 0.3) is 0 Å². The lowest BCUT2D eigenvalue weighted by molar-refractivity contribution is 0.614. The van der Waals surface area contributed by atoms with Crippen LogP contribution in [0.15, 0.2) is 53.9 Å². The highest BCUT2D eigenvalue weighted by Gasteiger charge is 2.12. The lowest BCUT2D eigenvalue weighted by atomic mass is 10.1. The van der Waals surface area contributed by atoms with Crippen LogP contribution in [-0.2, 0) is 6.42 Å². The third kappa shape index (κ3) is 3.36. The minimum atomic E-state index is -0.280. The summed E-state index contributed by atoms with van der Waals surface area (Å²) in [7, 11) is 0. The number of nitrogens with one attached hydrogen (secondary N) is 1. The molecule has 0 aliphatic rings. The van der Waals surface area contributed by atoms with Crippen LogP contribution in [-0.4, -0.2) is 31.8 Å². The number of hydrogen-bond donors (Lipinski definition) is 1. The van der Waals surface area contributed by atoms with E-state index in [0.29, 0.717) is 23.1 Å². The van der Waals surface area contributed by atoms with Gasteiger partial charge in [0.15, 0.2) is 5.65 Å². The number of fused-ring (bicyclic) bond motifs is 2. The number of hydrogen-bond acceptors (Lipinski definition) is 5. The van der Waals surface area contributed by atoms with Gasteiger partial charge in [0.2, 0.25) is 0 Å². The molecule has 3 heterocycles. The summed E-state index contributed by atoms with van der Waals surface area (Å²) >= 11 is 0. The summed E-state index contributed by atoms with van der Waals surface area (Å²) < 4.78 is 16.3. The molecule has 4 rings (SSSR count). The second kappa shape index (κ2) is 7.11. The Kier molecular flexibility index (Phi) is 4.50. The number of halogens is 1. The minimum Gasteiger partial charge on any atom is -0.310 e. The summed E-state index contributed by atoms with van der Waals surface area (Å²) in [5.41, 5.74) is 7.21. The van der Waals surface area contributed by atoms with Gasteiger partial charge in [0.05, 0.1) is 23.1 Å². The predicted molar refractivity (Wildman–Crippen MR) is 103 cm³/mol. The molecule has 0 radical (unpaired) electrons. The molecule has 1 aromatic carbocycles. The molecule has 4 aromatic rings. The molecule has 0 fully saturated rings. The molecule has 7 heteroatoms. The van der Waals surface area contributed by atoms with Crippen molar-refractivity contribution < 1.29 is 4.39 Å². The van der Waals surface area contributed by atoms with Crippen molar-refractivity contribution >= 4 is 22.3 Å². The Balaban J connectivity index is 1.73. The van der Waals surface area contributed by atoms with Gasteiger partial charge >= 0.3 is 0 Å². The zero-order valence-electron chi connectivity index (χ0n) is 15.1. The second-order valence-corrected chi connectivity index (χ2v) is 6.26. The van der Waals surface area contributed by atoms with Crippen LogP contribution >= 0.6 is 0 Å². The van der Waals surface area contributed by atoms with Crippen molar-refractivity contribution in [1.29, 1.82) is 0 Å². The third-order valence-electron chi connectivity index (χ3n) is 4.35. The van der Waals surface area contributed by atoms with E-state index in [1.165, 1.54) is 6.07 Å². The highest BCUT2D eigenvalue weighted by atomic mass is 19.1. The molecule has 136 valence electrons. The second-order valence-electron chi connectivity index (χ2n) is 6.26. The van der Waals surface area contributed by atoms with Crippen LogP contribution in [0.5, 0.6) is 0 Å². The topological polar surface area (TPSA) is 67.5 Å². The normalized spacial score (nSPS) is 12.0. The predicted octanol–water partition coefficient (Wildman–Crippen LogP) is 3.34. The molecule has 0 aliphatic heterocycles. The van der Waals surface area contributed by atoms with Crippen molar-refractivity contribution in [2.75, 3.05) is 6.54 Å². The number of pyridine rings is 1.